The van der Waals surface area contributed by atoms with Crippen LogP contribution in [0.3, 0.4) is 0 Å². The number of aromatic hydroxyl groups is 1. The van der Waals surface area contributed by atoms with Crippen molar-refractivity contribution in [2.75, 3.05) is 70.8 Å². The van der Waals surface area contributed by atoms with Crippen molar-refractivity contribution >= 4 is 49.9 Å². The van der Waals surface area contributed by atoms with Crippen LogP contribution in [0.15, 0.2) is 102 Å². The molecule has 4 amide bonds. The lowest BCUT2D eigenvalue weighted by Crippen LogP contribution is -2.54. The SMILES string of the molecule is CCN(CCOCCOCCNc1cccc2c1C(=O)N(C1CCC(=O)NC1=O)C2=O)CCOc1ccc(Oc2c(-c3ccc(S(C)(=O)=O)cc3)ccc3cc(O)ccc23)cc1. The summed E-state index contributed by atoms with van der Waals surface area (Å²) in [4.78, 5) is 53.7. The van der Waals surface area contributed by atoms with Crippen LogP contribution in [0.2, 0.25) is 0 Å². The van der Waals surface area contributed by atoms with Gasteiger partial charge in [-0.3, -0.25) is 34.3 Å². The van der Waals surface area contributed by atoms with Crippen molar-refractivity contribution in [3.8, 4) is 34.1 Å². The molecular weight excluding hydrogens is 817 g/mol. The molecule has 324 valence electrons. The Morgan fingerprint density at radius 1 is 0.806 bits per heavy atom. The summed E-state index contributed by atoms with van der Waals surface area (Å²) in [5, 5.41) is 17.0. The maximum absolute atomic E-state index is 13.3. The van der Waals surface area contributed by atoms with Crippen LogP contribution < -0.4 is 20.1 Å². The third kappa shape index (κ3) is 10.2. The van der Waals surface area contributed by atoms with Crippen LogP contribution in [-0.2, 0) is 28.9 Å². The second-order valence-corrected chi connectivity index (χ2v) is 16.8. The molecule has 62 heavy (non-hydrogen) atoms. The molecule has 1 saturated heterocycles. The lowest BCUT2D eigenvalue weighted by Gasteiger charge is -2.27. The third-order valence-electron chi connectivity index (χ3n) is 10.7. The van der Waals surface area contributed by atoms with E-state index in [0.717, 1.165) is 33.3 Å². The number of sulfone groups is 1. The van der Waals surface area contributed by atoms with Gasteiger partial charge in [0.15, 0.2) is 9.84 Å². The first-order valence-corrected chi connectivity index (χ1v) is 22.2. The minimum atomic E-state index is -3.35. The molecule has 7 rings (SSSR count). The number of piperidine rings is 1. The zero-order valence-corrected chi connectivity index (χ0v) is 35.2. The maximum atomic E-state index is 13.3. The van der Waals surface area contributed by atoms with Crippen molar-refractivity contribution in [2.24, 2.45) is 0 Å². The van der Waals surface area contributed by atoms with E-state index in [0.29, 0.717) is 75.6 Å². The molecule has 0 aromatic heterocycles. The predicted octanol–water partition coefficient (Wildman–Crippen LogP) is 5.66. The summed E-state index contributed by atoms with van der Waals surface area (Å²) < 4.78 is 48.1. The summed E-state index contributed by atoms with van der Waals surface area (Å²) in [7, 11) is -3.35. The van der Waals surface area contributed by atoms with E-state index in [1.165, 1.54) is 6.26 Å². The highest BCUT2D eigenvalue weighted by molar-refractivity contribution is 7.90. The molecule has 2 aliphatic heterocycles. The van der Waals surface area contributed by atoms with Crippen LogP contribution in [0, 0.1) is 0 Å². The summed E-state index contributed by atoms with van der Waals surface area (Å²) in [5.41, 5.74) is 2.43. The Balaban J connectivity index is 0.816. The van der Waals surface area contributed by atoms with Gasteiger partial charge in [-0.2, -0.15) is 0 Å². The molecule has 15 nitrogen and oxygen atoms in total. The maximum Gasteiger partial charge on any atom is 0.264 e. The number of likely N-dealkylation sites (N-methyl/N-ethyl adjacent to an activating group) is 1. The number of amides is 4. The van der Waals surface area contributed by atoms with Gasteiger partial charge in [0.05, 0.1) is 42.4 Å². The number of nitrogens with one attached hydrogen (secondary N) is 2. The first kappa shape index (κ1) is 43.7. The fraction of sp³-hybridized carbons (Fsp3) is 0.304. The van der Waals surface area contributed by atoms with E-state index in [1.807, 2.05) is 36.4 Å². The van der Waals surface area contributed by atoms with Gasteiger partial charge in [0.1, 0.15) is 35.6 Å². The zero-order valence-electron chi connectivity index (χ0n) is 34.4. The van der Waals surface area contributed by atoms with Gasteiger partial charge in [0.25, 0.3) is 11.8 Å². The molecule has 1 fully saturated rings. The van der Waals surface area contributed by atoms with E-state index < -0.39 is 39.5 Å². The normalized spacial score (nSPS) is 15.3. The molecule has 2 heterocycles. The van der Waals surface area contributed by atoms with E-state index in [2.05, 4.69) is 22.5 Å². The lowest BCUT2D eigenvalue weighted by molar-refractivity contribution is -0.136. The van der Waals surface area contributed by atoms with Crippen LogP contribution >= 0.6 is 0 Å². The first-order valence-electron chi connectivity index (χ1n) is 20.3. The van der Waals surface area contributed by atoms with Crippen LogP contribution in [0.25, 0.3) is 21.9 Å². The highest BCUT2D eigenvalue weighted by Gasteiger charge is 2.45. The van der Waals surface area contributed by atoms with Crippen molar-refractivity contribution in [3.05, 3.63) is 108 Å². The van der Waals surface area contributed by atoms with Crippen molar-refractivity contribution in [1.82, 2.24) is 15.1 Å². The number of carbonyl (C=O) groups is 4. The highest BCUT2D eigenvalue weighted by atomic mass is 32.2. The second kappa shape index (κ2) is 19.6. The highest BCUT2D eigenvalue weighted by Crippen LogP contribution is 2.41. The average Bonchev–Trinajstić information content (AvgIpc) is 3.51. The van der Waals surface area contributed by atoms with Crippen molar-refractivity contribution in [3.63, 3.8) is 0 Å². The quantitative estimate of drug-likeness (QED) is 0.0643. The summed E-state index contributed by atoms with van der Waals surface area (Å²) in [6.45, 7) is 6.72. The monoisotopic (exact) mass is 864 g/mol. The van der Waals surface area contributed by atoms with E-state index in [1.54, 1.807) is 60.7 Å². The van der Waals surface area contributed by atoms with Gasteiger partial charge < -0.3 is 29.4 Å². The van der Waals surface area contributed by atoms with Gasteiger partial charge in [-0.25, -0.2) is 8.42 Å². The van der Waals surface area contributed by atoms with E-state index in [-0.39, 0.29) is 34.6 Å². The van der Waals surface area contributed by atoms with Gasteiger partial charge in [0.2, 0.25) is 11.8 Å². The number of phenols is 1. The number of hydrogen-bond acceptors (Lipinski definition) is 13. The van der Waals surface area contributed by atoms with Crippen molar-refractivity contribution in [2.45, 2.75) is 30.7 Å². The van der Waals surface area contributed by atoms with Gasteiger partial charge in [0, 0.05) is 48.9 Å². The predicted molar refractivity (Wildman–Crippen MR) is 232 cm³/mol. The number of carbonyl (C=O) groups excluding carboxylic acids is 4. The summed E-state index contributed by atoms with van der Waals surface area (Å²) in [6.07, 6.45) is 1.32. The van der Waals surface area contributed by atoms with Crippen molar-refractivity contribution < 1.29 is 51.6 Å². The molecule has 2 aliphatic rings. The molecule has 5 aromatic carbocycles. The molecule has 0 saturated carbocycles. The van der Waals surface area contributed by atoms with E-state index in [9.17, 15) is 32.7 Å². The fourth-order valence-electron chi connectivity index (χ4n) is 7.39. The number of anilines is 1. The molecule has 0 bridgehead atoms. The Bertz CT molecular complexity index is 2570. The smallest absolute Gasteiger partial charge is 0.264 e. The average molecular weight is 865 g/mol. The number of benzene rings is 5. The third-order valence-corrected chi connectivity index (χ3v) is 11.8. The second-order valence-electron chi connectivity index (χ2n) is 14.8. The van der Waals surface area contributed by atoms with Gasteiger partial charge >= 0.3 is 0 Å². The number of hydrogen-bond donors (Lipinski definition) is 3. The molecule has 1 atom stereocenters. The number of ether oxygens (including phenoxy) is 4. The zero-order chi connectivity index (χ0) is 43.8. The minimum Gasteiger partial charge on any atom is -0.508 e. The molecule has 16 heteroatoms. The van der Waals surface area contributed by atoms with Crippen LogP contribution in [0.1, 0.15) is 40.5 Å². The van der Waals surface area contributed by atoms with Crippen LogP contribution in [0.5, 0.6) is 23.0 Å². The Kier molecular flexibility index (Phi) is 13.8. The molecule has 0 radical (unpaired) electrons. The van der Waals surface area contributed by atoms with Crippen molar-refractivity contribution in [1.29, 1.82) is 0 Å². The largest absolute Gasteiger partial charge is 0.508 e. The number of fused-ring (bicyclic) bond motifs is 2. The van der Waals surface area contributed by atoms with Gasteiger partial charge in [-0.15, -0.1) is 0 Å². The molecule has 5 aromatic rings. The van der Waals surface area contributed by atoms with Crippen LogP contribution in [-0.4, -0.2) is 118 Å². The number of nitrogens with zero attached hydrogens (tertiary/aromatic N) is 2. The molecule has 0 aliphatic carbocycles. The molecule has 0 spiro atoms. The molecular formula is C46H48N4O11S. The molecule has 3 N–H and O–H groups in total. The Labute approximate surface area is 359 Å². The summed E-state index contributed by atoms with van der Waals surface area (Å²) in [5.74, 6) is -0.233. The number of rotatable bonds is 20. The Hall–Kier alpha value is -6.33. The Morgan fingerprint density at radius 2 is 1.53 bits per heavy atom. The van der Waals surface area contributed by atoms with E-state index in [4.69, 9.17) is 18.9 Å². The topological polar surface area (TPSA) is 190 Å². The summed E-state index contributed by atoms with van der Waals surface area (Å²) in [6, 6.07) is 26.7. The minimum absolute atomic E-state index is 0.0558. The Morgan fingerprint density at radius 3 is 2.26 bits per heavy atom. The van der Waals surface area contributed by atoms with Gasteiger partial charge in [-0.1, -0.05) is 31.2 Å². The first-order chi connectivity index (χ1) is 29.9. The molecule has 1 unspecified atom stereocenters. The summed E-state index contributed by atoms with van der Waals surface area (Å²) >= 11 is 0. The number of phenolic OH excluding ortho intramolecular Hbond substituents is 1. The van der Waals surface area contributed by atoms with E-state index >= 15 is 0 Å². The number of imide groups is 2. The fourth-order valence-corrected chi connectivity index (χ4v) is 8.02. The standard InChI is InChI=1S/C46H48N4O11S/c1-3-49(22-25-59-28-27-58-24-21-47-39-6-4-5-38-42(39)46(55)50(45(38)54)40-19-20-41(52)48-44(40)53)23-26-60-33-11-13-34(14-12-33)61-43-36(17-9-31-29-32(51)10-18-37(31)43)30-7-15-35(16-8-30)62(2,56)57/h4-18,29,40,47,51H,3,19-28H2,1-2H3,(H,48,52,53). The van der Waals surface area contributed by atoms with Crippen LogP contribution in [0.4, 0.5) is 5.69 Å². The lowest BCUT2D eigenvalue weighted by atomic mass is 9.99. The van der Waals surface area contributed by atoms with Gasteiger partial charge in [-0.05, 0) is 96.7 Å².